The summed E-state index contributed by atoms with van der Waals surface area (Å²) in [4.78, 5) is 13.1. The second kappa shape index (κ2) is 11.3. The summed E-state index contributed by atoms with van der Waals surface area (Å²) in [6, 6.07) is 17.3. The average molecular weight is 519 g/mol. The summed E-state index contributed by atoms with van der Waals surface area (Å²) < 4.78 is 44.1. The third-order valence-electron chi connectivity index (χ3n) is 5.31. The molecule has 0 aliphatic heterocycles. The molecule has 3 aromatic carbocycles. The van der Waals surface area contributed by atoms with Gasteiger partial charge in [0.2, 0.25) is 5.91 Å². The predicted molar refractivity (Wildman–Crippen MR) is 135 cm³/mol. The Labute approximate surface area is 210 Å². The molecule has 0 spiro atoms. The molecule has 0 aromatic heterocycles. The van der Waals surface area contributed by atoms with Gasteiger partial charge < -0.3 is 19.5 Å². The second-order valence-electron chi connectivity index (χ2n) is 7.54. The smallest absolute Gasteiger partial charge is 0.264 e. The molecule has 1 amide bonds. The molecular weight excluding hydrogens is 492 g/mol. The molecule has 1 N–H and O–H groups in total. The molecule has 0 radical (unpaired) electrons. The quantitative estimate of drug-likeness (QED) is 0.426. The fraction of sp³-hybridized carbons (Fsp3) is 0.240. The highest BCUT2D eigenvalue weighted by Crippen LogP contribution is 2.35. The second-order valence-corrected chi connectivity index (χ2v) is 9.84. The van der Waals surface area contributed by atoms with E-state index >= 15 is 0 Å². The molecule has 0 unspecified atom stereocenters. The fourth-order valence-corrected chi connectivity index (χ4v) is 5.11. The number of halogens is 1. The lowest BCUT2D eigenvalue weighted by Crippen LogP contribution is -2.41. The number of hydrogen-bond acceptors (Lipinski definition) is 6. The number of anilines is 1. The van der Waals surface area contributed by atoms with Gasteiger partial charge in [0.05, 0.1) is 38.0 Å². The maximum Gasteiger partial charge on any atom is 0.264 e. The summed E-state index contributed by atoms with van der Waals surface area (Å²) >= 11 is 6.17. The maximum absolute atomic E-state index is 13.6. The first-order chi connectivity index (χ1) is 16.7. The van der Waals surface area contributed by atoms with Crippen LogP contribution in [0.3, 0.4) is 0 Å². The van der Waals surface area contributed by atoms with E-state index in [0.717, 1.165) is 9.87 Å². The molecule has 10 heteroatoms. The minimum atomic E-state index is -4.12. The number of nitrogens with zero attached hydrogens (tertiary/aromatic N) is 1. The lowest BCUT2D eigenvalue weighted by Gasteiger charge is -2.26. The molecule has 35 heavy (non-hydrogen) atoms. The molecule has 0 fully saturated rings. The summed E-state index contributed by atoms with van der Waals surface area (Å²) in [7, 11) is 0.354. The van der Waals surface area contributed by atoms with E-state index in [4.69, 9.17) is 25.8 Å². The zero-order valence-corrected chi connectivity index (χ0v) is 21.4. The topological polar surface area (TPSA) is 94.2 Å². The van der Waals surface area contributed by atoms with Crippen LogP contribution in [0.2, 0.25) is 5.02 Å². The molecule has 0 aliphatic carbocycles. The van der Waals surface area contributed by atoms with Crippen molar-refractivity contribution in [3.8, 4) is 17.2 Å². The number of hydrogen-bond donors (Lipinski definition) is 1. The first-order valence-corrected chi connectivity index (χ1v) is 12.5. The average Bonchev–Trinajstić information content (AvgIpc) is 2.87. The van der Waals surface area contributed by atoms with Gasteiger partial charge in [-0.1, -0.05) is 35.9 Å². The predicted octanol–water partition coefficient (Wildman–Crippen LogP) is 4.44. The van der Waals surface area contributed by atoms with E-state index in [9.17, 15) is 13.2 Å². The van der Waals surface area contributed by atoms with Gasteiger partial charge in [-0.15, -0.1) is 0 Å². The molecule has 3 aromatic rings. The third kappa shape index (κ3) is 5.98. The van der Waals surface area contributed by atoms with Crippen LogP contribution in [0.4, 0.5) is 5.69 Å². The van der Waals surface area contributed by atoms with Gasteiger partial charge in [-0.25, -0.2) is 8.42 Å². The van der Waals surface area contributed by atoms with E-state index < -0.39 is 28.5 Å². The van der Waals surface area contributed by atoms with Crippen LogP contribution in [-0.4, -0.2) is 42.2 Å². The molecule has 0 heterocycles. The summed E-state index contributed by atoms with van der Waals surface area (Å²) in [6.07, 6.45) is 0. The standard InChI is InChI=1S/C25H27ClN2O6S/c1-17(18-10-12-23(33-3)24(14-18)34-4)27-25(29)16-28(21-15-19(26)11-13-22(21)32-2)35(30,31)20-8-6-5-7-9-20/h5-15,17H,16H2,1-4H3,(H,27,29)/t17-/m1/s1. The zero-order valence-electron chi connectivity index (χ0n) is 19.8. The van der Waals surface area contributed by atoms with Gasteiger partial charge in [-0.3, -0.25) is 9.10 Å². The minimum Gasteiger partial charge on any atom is -0.495 e. The molecule has 8 nitrogen and oxygen atoms in total. The largest absolute Gasteiger partial charge is 0.495 e. The molecule has 186 valence electrons. The van der Waals surface area contributed by atoms with Gasteiger partial charge in [-0.2, -0.15) is 0 Å². The van der Waals surface area contributed by atoms with Crippen LogP contribution in [0, 0.1) is 0 Å². The highest BCUT2D eigenvalue weighted by Gasteiger charge is 2.30. The first-order valence-electron chi connectivity index (χ1n) is 10.6. The Hall–Kier alpha value is -3.43. The summed E-state index contributed by atoms with van der Waals surface area (Å²) in [5.74, 6) is 0.814. The number of methoxy groups -OCH3 is 3. The van der Waals surface area contributed by atoms with Crippen molar-refractivity contribution in [1.82, 2.24) is 5.32 Å². The number of sulfonamides is 1. The lowest BCUT2D eigenvalue weighted by molar-refractivity contribution is -0.120. The van der Waals surface area contributed by atoms with Gasteiger partial charge >= 0.3 is 0 Å². The molecule has 0 saturated carbocycles. The summed E-state index contributed by atoms with van der Waals surface area (Å²) in [6.45, 7) is 1.29. The van der Waals surface area contributed by atoms with Crippen LogP contribution >= 0.6 is 11.6 Å². The number of benzene rings is 3. The van der Waals surface area contributed by atoms with Crippen LogP contribution in [-0.2, 0) is 14.8 Å². The number of amides is 1. The summed E-state index contributed by atoms with van der Waals surface area (Å²) in [5.41, 5.74) is 0.909. The normalized spacial score (nSPS) is 11.9. The zero-order chi connectivity index (χ0) is 25.6. The lowest BCUT2D eigenvalue weighted by atomic mass is 10.1. The Kier molecular flexibility index (Phi) is 8.48. The van der Waals surface area contributed by atoms with Crippen molar-refractivity contribution in [2.75, 3.05) is 32.2 Å². The van der Waals surface area contributed by atoms with E-state index in [1.54, 1.807) is 55.5 Å². The number of carbonyl (C=O) groups is 1. The number of rotatable bonds is 10. The molecule has 3 rings (SSSR count). The molecule has 1 atom stereocenters. The Bertz CT molecular complexity index is 1280. The van der Waals surface area contributed by atoms with Crippen molar-refractivity contribution in [3.05, 3.63) is 77.3 Å². The van der Waals surface area contributed by atoms with E-state index in [0.29, 0.717) is 16.5 Å². The Balaban J connectivity index is 1.94. The van der Waals surface area contributed by atoms with E-state index in [-0.39, 0.29) is 16.3 Å². The minimum absolute atomic E-state index is 0.0303. The van der Waals surface area contributed by atoms with Crippen molar-refractivity contribution in [2.45, 2.75) is 17.9 Å². The van der Waals surface area contributed by atoms with Gasteiger partial charge in [0.15, 0.2) is 11.5 Å². The number of carbonyl (C=O) groups excluding carboxylic acids is 1. The Morgan fingerprint density at radius 2 is 1.54 bits per heavy atom. The number of ether oxygens (including phenoxy) is 3. The SMILES string of the molecule is COc1ccc([C@@H](C)NC(=O)CN(c2cc(Cl)ccc2OC)S(=O)(=O)c2ccccc2)cc1OC. The number of nitrogens with one attached hydrogen (secondary N) is 1. The van der Waals surface area contributed by atoms with Crippen LogP contribution in [0.15, 0.2) is 71.6 Å². The van der Waals surface area contributed by atoms with Crippen LogP contribution < -0.4 is 23.8 Å². The van der Waals surface area contributed by atoms with Crippen molar-refractivity contribution < 1.29 is 27.4 Å². The van der Waals surface area contributed by atoms with Crippen LogP contribution in [0.1, 0.15) is 18.5 Å². The highest BCUT2D eigenvalue weighted by molar-refractivity contribution is 7.92. The summed E-state index contributed by atoms with van der Waals surface area (Å²) in [5, 5.41) is 3.14. The van der Waals surface area contributed by atoms with E-state index in [1.165, 1.54) is 39.5 Å². The van der Waals surface area contributed by atoms with Crippen molar-refractivity contribution in [1.29, 1.82) is 0 Å². The van der Waals surface area contributed by atoms with Crippen molar-refractivity contribution in [2.24, 2.45) is 0 Å². The van der Waals surface area contributed by atoms with E-state index in [1.807, 2.05) is 0 Å². The fourth-order valence-electron chi connectivity index (χ4n) is 3.50. The van der Waals surface area contributed by atoms with Gasteiger partial charge in [0, 0.05) is 5.02 Å². The molecule has 0 bridgehead atoms. The maximum atomic E-state index is 13.6. The van der Waals surface area contributed by atoms with Gasteiger partial charge in [-0.05, 0) is 55.0 Å². The van der Waals surface area contributed by atoms with E-state index in [2.05, 4.69) is 5.32 Å². The third-order valence-corrected chi connectivity index (χ3v) is 7.32. The monoisotopic (exact) mass is 518 g/mol. The Morgan fingerprint density at radius 1 is 0.914 bits per heavy atom. The van der Waals surface area contributed by atoms with Crippen molar-refractivity contribution in [3.63, 3.8) is 0 Å². The van der Waals surface area contributed by atoms with Crippen LogP contribution in [0.5, 0.6) is 17.2 Å². The van der Waals surface area contributed by atoms with Gasteiger partial charge in [0.25, 0.3) is 10.0 Å². The molecular formula is C25H27ClN2O6S. The van der Waals surface area contributed by atoms with Gasteiger partial charge in [0.1, 0.15) is 12.3 Å². The van der Waals surface area contributed by atoms with Crippen LogP contribution in [0.25, 0.3) is 0 Å². The molecule has 0 aliphatic rings. The first kappa shape index (κ1) is 26.2. The Morgan fingerprint density at radius 3 is 2.17 bits per heavy atom. The molecule has 0 saturated heterocycles. The van der Waals surface area contributed by atoms with Crippen molar-refractivity contribution >= 4 is 33.2 Å². The highest BCUT2D eigenvalue weighted by atomic mass is 35.5.